The maximum absolute atomic E-state index is 12.5. The topological polar surface area (TPSA) is 155 Å². The second kappa shape index (κ2) is 8.17. The minimum atomic E-state index is -4.85. The maximum Gasteiger partial charge on any atom is 0.418 e. The fraction of sp³-hybridized carbons (Fsp3) is 0.812. The molecule has 0 aromatic heterocycles. The van der Waals surface area contributed by atoms with Crippen molar-refractivity contribution in [2.75, 3.05) is 19.6 Å². The number of fused-ring (bicyclic) bond motifs is 2. The first-order valence-electron chi connectivity index (χ1n) is 9.54. The molecule has 3 rings (SSSR count). The van der Waals surface area contributed by atoms with Crippen LogP contribution in [0, 0.1) is 0 Å². The van der Waals surface area contributed by atoms with Crippen LogP contribution < -0.4 is 5.48 Å². The van der Waals surface area contributed by atoms with E-state index in [9.17, 15) is 22.8 Å². The van der Waals surface area contributed by atoms with Crippen LogP contribution in [0.25, 0.3) is 0 Å². The second-order valence-electron chi connectivity index (χ2n) is 8.43. The van der Waals surface area contributed by atoms with E-state index in [1.54, 1.807) is 20.8 Å². The van der Waals surface area contributed by atoms with Crippen molar-refractivity contribution in [2.45, 2.75) is 63.8 Å². The summed E-state index contributed by atoms with van der Waals surface area (Å²) in [5.74, 6) is -0.564. The van der Waals surface area contributed by atoms with Gasteiger partial charge in [-0.3, -0.25) is 14.2 Å². The Morgan fingerprint density at radius 1 is 1.17 bits per heavy atom. The van der Waals surface area contributed by atoms with E-state index in [-0.39, 0.29) is 19.5 Å². The fourth-order valence-corrected chi connectivity index (χ4v) is 4.02. The highest BCUT2D eigenvalue weighted by Crippen LogP contribution is 2.30. The predicted octanol–water partition coefficient (Wildman–Crippen LogP) is 0.0466. The van der Waals surface area contributed by atoms with E-state index in [4.69, 9.17) is 14.1 Å². The van der Waals surface area contributed by atoms with Gasteiger partial charge in [0.15, 0.2) is 0 Å². The molecule has 0 unspecified atom stereocenters. The number of likely N-dealkylation sites (tertiary alicyclic amines) is 1. The summed E-state index contributed by atoms with van der Waals surface area (Å²) in [7, 11) is -4.85. The largest absolute Gasteiger partial charge is 0.444 e. The van der Waals surface area contributed by atoms with Gasteiger partial charge in [-0.2, -0.15) is 13.5 Å². The van der Waals surface area contributed by atoms with E-state index in [1.165, 1.54) is 9.80 Å². The van der Waals surface area contributed by atoms with Crippen molar-refractivity contribution in [3.8, 4) is 0 Å². The van der Waals surface area contributed by atoms with Gasteiger partial charge in [-0.05, 0) is 40.0 Å². The average molecular weight is 450 g/mol. The number of urea groups is 1. The van der Waals surface area contributed by atoms with Gasteiger partial charge in [-0.1, -0.05) is 0 Å². The van der Waals surface area contributed by atoms with Crippen LogP contribution in [0.3, 0.4) is 0 Å². The first-order valence-corrected chi connectivity index (χ1v) is 10.9. The molecular weight excluding hydrogens is 424 g/mol. The van der Waals surface area contributed by atoms with Crippen LogP contribution >= 0.6 is 0 Å². The lowest BCUT2D eigenvalue weighted by Gasteiger charge is -2.29. The van der Waals surface area contributed by atoms with Crippen molar-refractivity contribution in [1.29, 1.82) is 0 Å². The molecule has 0 aliphatic carbocycles. The van der Waals surface area contributed by atoms with Crippen LogP contribution in [-0.4, -0.2) is 89.3 Å². The summed E-state index contributed by atoms with van der Waals surface area (Å²) in [6.07, 6.45) is 0.202. The zero-order chi connectivity index (χ0) is 22.3. The zero-order valence-electron chi connectivity index (χ0n) is 16.9. The number of hydrogen-bond donors (Lipinski definition) is 2. The Balaban J connectivity index is 1.49. The number of nitrogens with one attached hydrogen (secondary N) is 1. The smallest absolute Gasteiger partial charge is 0.418 e. The van der Waals surface area contributed by atoms with Gasteiger partial charge >= 0.3 is 22.5 Å². The molecule has 2 bridgehead atoms. The molecule has 170 valence electrons. The number of ether oxygens (including phenoxy) is 1. The molecule has 3 heterocycles. The molecular formula is C16H26N4O9S. The molecule has 13 nitrogen and oxygen atoms in total. The second-order valence-corrected chi connectivity index (χ2v) is 9.44. The molecule has 3 atom stereocenters. The lowest BCUT2D eigenvalue weighted by molar-refractivity contribution is -0.143. The maximum atomic E-state index is 12.5. The molecule has 3 saturated heterocycles. The first-order chi connectivity index (χ1) is 13.8. The number of rotatable bonds is 5. The van der Waals surface area contributed by atoms with E-state index in [1.807, 2.05) is 0 Å². The summed E-state index contributed by atoms with van der Waals surface area (Å²) >= 11 is 0. The van der Waals surface area contributed by atoms with Crippen molar-refractivity contribution in [1.82, 2.24) is 20.3 Å². The summed E-state index contributed by atoms with van der Waals surface area (Å²) in [6.45, 7) is 6.07. The Kier molecular flexibility index (Phi) is 6.13. The highest BCUT2D eigenvalue weighted by Gasteiger charge is 2.49. The third-order valence-electron chi connectivity index (χ3n) is 4.92. The van der Waals surface area contributed by atoms with Crippen LogP contribution in [-0.2, 0) is 29.1 Å². The molecule has 30 heavy (non-hydrogen) atoms. The lowest BCUT2D eigenvalue weighted by Crippen LogP contribution is -2.50. The van der Waals surface area contributed by atoms with Gasteiger partial charge in [0.1, 0.15) is 17.7 Å². The van der Waals surface area contributed by atoms with E-state index < -0.39 is 52.2 Å². The Labute approximate surface area is 174 Å². The average Bonchev–Trinajstić information content (AvgIpc) is 3.17. The van der Waals surface area contributed by atoms with Gasteiger partial charge in [0.25, 0.3) is 5.91 Å². The molecule has 0 aromatic carbocycles. The number of amides is 4. The van der Waals surface area contributed by atoms with Crippen LogP contribution in [0.4, 0.5) is 9.59 Å². The highest BCUT2D eigenvalue weighted by atomic mass is 32.3. The molecule has 4 amide bonds. The fourth-order valence-electron chi connectivity index (χ4n) is 3.63. The van der Waals surface area contributed by atoms with Crippen LogP contribution in [0.1, 0.15) is 40.0 Å². The van der Waals surface area contributed by atoms with Crippen LogP contribution in [0.2, 0.25) is 0 Å². The summed E-state index contributed by atoms with van der Waals surface area (Å²) in [6, 6.07) is -2.28. The van der Waals surface area contributed by atoms with E-state index in [2.05, 4.69) is 9.76 Å². The van der Waals surface area contributed by atoms with Crippen molar-refractivity contribution in [3.05, 3.63) is 0 Å². The van der Waals surface area contributed by atoms with Crippen molar-refractivity contribution < 1.29 is 41.2 Å². The first kappa shape index (κ1) is 22.5. The van der Waals surface area contributed by atoms with E-state index in [0.717, 1.165) is 0 Å². The molecule has 2 N–H and O–H groups in total. The minimum absolute atomic E-state index is 0.0856. The molecule has 3 aliphatic heterocycles. The zero-order valence-corrected chi connectivity index (χ0v) is 17.8. The monoisotopic (exact) mass is 450 g/mol. The lowest BCUT2D eigenvalue weighted by atomic mass is 10.0. The normalized spacial score (nSPS) is 26.9. The van der Waals surface area contributed by atoms with Gasteiger partial charge < -0.3 is 14.5 Å². The minimum Gasteiger partial charge on any atom is -0.444 e. The Bertz CT molecular complexity index is 812. The molecule has 3 fully saturated rings. The van der Waals surface area contributed by atoms with Crippen molar-refractivity contribution >= 4 is 28.4 Å². The number of hydroxylamine groups is 3. The summed E-state index contributed by atoms with van der Waals surface area (Å²) < 4.78 is 40.3. The van der Waals surface area contributed by atoms with Gasteiger partial charge in [0.2, 0.25) is 0 Å². The van der Waals surface area contributed by atoms with Crippen molar-refractivity contribution in [3.63, 3.8) is 0 Å². The van der Waals surface area contributed by atoms with Gasteiger partial charge in [0.05, 0.1) is 12.6 Å². The Morgan fingerprint density at radius 3 is 2.50 bits per heavy atom. The quantitative estimate of drug-likeness (QED) is 0.436. The van der Waals surface area contributed by atoms with Crippen LogP contribution in [0.15, 0.2) is 0 Å². The predicted molar refractivity (Wildman–Crippen MR) is 98.8 cm³/mol. The SMILES string of the molecule is CC(C)(C)OC(=O)N1CC[C@H](ONC(=O)[C@@H]2CC[C@@H]3CN2C(=O)N3OS(=O)(=O)O)C1. The molecule has 0 radical (unpaired) electrons. The number of piperidine rings is 1. The third-order valence-corrected chi connectivity index (χ3v) is 5.27. The Morgan fingerprint density at radius 2 is 1.87 bits per heavy atom. The summed E-state index contributed by atoms with van der Waals surface area (Å²) in [5, 5.41) is 0.569. The number of nitrogens with zero attached hydrogens (tertiary/aromatic N) is 3. The van der Waals surface area contributed by atoms with Crippen molar-refractivity contribution in [2.24, 2.45) is 0 Å². The number of hydrogen-bond acceptors (Lipinski definition) is 8. The molecule has 0 aromatic rings. The van der Waals surface area contributed by atoms with Crippen LogP contribution in [0.5, 0.6) is 0 Å². The standard InChI is InChI=1S/C16H26N4O9S/c1-16(2,3)27-15(23)18-7-6-11(9-18)28-17-13(21)12-5-4-10-8-19(12)14(22)20(10)29-30(24,25)26/h10-12H,4-9H2,1-3H3,(H,17,21)(H,24,25,26)/t10-,11+,12+/m1/s1. The molecule has 14 heteroatoms. The van der Waals surface area contributed by atoms with E-state index >= 15 is 0 Å². The third kappa shape index (κ3) is 5.30. The van der Waals surface area contributed by atoms with E-state index in [0.29, 0.717) is 24.4 Å². The van der Waals surface area contributed by atoms with Gasteiger partial charge in [-0.15, -0.1) is 4.28 Å². The van der Waals surface area contributed by atoms with Gasteiger partial charge in [-0.25, -0.2) is 15.1 Å². The Hall–Kier alpha value is -2.16. The highest BCUT2D eigenvalue weighted by molar-refractivity contribution is 7.80. The summed E-state index contributed by atoms with van der Waals surface area (Å²) in [5.41, 5.74) is 1.72. The number of carbonyl (C=O) groups is 3. The summed E-state index contributed by atoms with van der Waals surface area (Å²) in [4.78, 5) is 45.0. The molecule has 0 saturated carbocycles. The molecule has 3 aliphatic rings. The molecule has 0 spiro atoms. The number of carbonyl (C=O) groups excluding carboxylic acids is 3. The van der Waals surface area contributed by atoms with Gasteiger partial charge in [0, 0.05) is 13.1 Å².